The summed E-state index contributed by atoms with van der Waals surface area (Å²) in [6.45, 7) is 5.36. The molecule has 0 aliphatic heterocycles. The second-order valence-corrected chi connectivity index (χ2v) is 5.97. The fourth-order valence-corrected chi connectivity index (χ4v) is 3.47. The molecule has 1 aromatic rings. The van der Waals surface area contributed by atoms with Crippen molar-refractivity contribution in [3.05, 3.63) is 34.9 Å². The summed E-state index contributed by atoms with van der Waals surface area (Å²) >= 11 is 0. The van der Waals surface area contributed by atoms with Crippen molar-refractivity contribution in [2.75, 3.05) is 6.54 Å². The molecule has 0 bridgehead atoms. The van der Waals surface area contributed by atoms with Gasteiger partial charge in [0.1, 0.15) is 0 Å². The standard InChI is InChI=1S/C17H27N/c1-13-7-6-8-14(2)17(13)11-15-9-4-3-5-10-16(15)12-18/h6-8,15-16H,3-5,9-12,18H2,1-2H3. The molecule has 2 N–H and O–H groups in total. The molecule has 1 aliphatic carbocycles. The van der Waals surface area contributed by atoms with Crippen LogP contribution >= 0.6 is 0 Å². The van der Waals surface area contributed by atoms with E-state index in [4.69, 9.17) is 5.73 Å². The average Bonchev–Trinajstić information content (AvgIpc) is 2.59. The highest BCUT2D eigenvalue weighted by atomic mass is 14.6. The molecule has 0 heterocycles. The molecule has 0 spiro atoms. The summed E-state index contributed by atoms with van der Waals surface area (Å²) in [6.07, 6.45) is 8.12. The van der Waals surface area contributed by atoms with E-state index in [1.807, 2.05) is 0 Å². The summed E-state index contributed by atoms with van der Waals surface area (Å²) in [4.78, 5) is 0. The minimum absolute atomic E-state index is 0.742. The maximum Gasteiger partial charge on any atom is -0.00461 e. The van der Waals surface area contributed by atoms with Gasteiger partial charge >= 0.3 is 0 Å². The van der Waals surface area contributed by atoms with Crippen molar-refractivity contribution in [1.82, 2.24) is 0 Å². The van der Waals surface area contributed by atoms with E-state index < -0.39 is 0 Å². The van der Waals surface area contributed by atoms with Crippen LogP contribution in [0.4, 0.5) is 0 Å². The molecular formula is C17H27N. The lowest BCUT2D eigenvalue weighted by atomic mass is 9.81. The van der Waals surface area contributed by atoms with Gasteiger partial charge < -0.3 is 5.73 Å². The molecular weight excluding hydrogens is 218 g/mol. The zero-order valence-corrected chi connectivity index (χ0v) is 11.9. The van der Waals surface area contributed by atoms with Crippen LogP contribution in [-0.4, -0.2) is 6.54 Å². The molecule has 1 saturated carbocycles. The highest BCUT2D eigenvalue weighted by Gasteiger charge is 2.23. The third-order valence-electron chi connectivity index (χ3n) is 4.73. The molecule has 1 aliphatic rings. The molecule has 0 amide bonds. The Balaban J connectivity index is 2.15. The molecule has 0 radical (unpaired) electrons. The van der Waals surface area contributed by atoms with Crippen molar-refractivity contribution in [2.24, 2.45) is 17.6 Å². The second kappa shape index (κ2) is 6.38. The molecule has 0 saturated heterocycles. The third kappa shape index (κ3) is 3.14. The first-order chi connectivity index (χ1) is 8.72. The lowest BCUT2D eigenvalue weighted by molar-refractivity contribution is 0.317. The van der Waals surface area contributed by atoms with Crippen molar-refractivity contribution in [1.29, 1.82) is 0 Å². The van der Waals surface area contributed by atoms with Crippen LogP contribution in [0, 0.1) is 25.7 Å². The Morgan fingerprint density at radius 2 is 1.61 bits per heavy atom. The molecule has 1 heteroatoms. The topological polar surface area (TPSA) is 26.0 Å². The maximum absolute atomic E-state index is 5.99. The minimum Gasteiger partial charge on any atom is -0.330 e. The van der Waals surface area contributed by atoms with Crippen molar-refractivity contribution in [3.8, 4) is 0 Å². The van der Waals surface area contributed by atoms with E-state index in [1.165, 1.54) is 49.7 Å². The van der Waals surface area contributed by atoms with Gasteiger partial charge in [-0.3, -0.25) is 0 Å². The number of rotatable bonds is 3. The van der Waals surface area contributed by atoms with E-state index >= 15 is 0 Å². The molecule has 0 aromatic heterocycles. The summed E-state index contributed by atoms with van der Waals surface area (Å²) in [5.41, 5.74) is 10.5. The van der Waals surface area contributed by atoms with Crippen molar-refractivity contribution >= 4 is 0 Å². The number of aryl methyl sites for hydroxylation is 2. The van der Waals surface area contributed by atoms with E-state index in [1.54, 1.807) is 5.56 Å². The Bertz CT molecular complexity index is 363. The number of nitrogens with two attached hydrogens (primary N) is 1. The van der Waals surface area contributed by atoms with Gasteiger partial charge in [-0.25, -0.2) is 0 Å². The van der Waals surface area contributed by atoms with Crippen LogP contribution in [0.15, 0.2) is 18.2 Å². The van der Waals surface area contributed by atoms with E-state index in [2.05, 4.69) is 32.0 Å². The largest absolute Gasteiger partial charge is 0.330 e. The van der Waals surface area contributed by atoms with Gasteiger partial charge in [0, 0.05) is 0 Å². The Morgan fingerprint density at radius 3 is 2.22 bits per heavy atom. The molecule has 1 aromatic carbocycles. The smallest absolute Gasteiger partial charge is 0.00461 e. The Hall–Kier alpha value is -0.820. The van der Waals surface area contributed by atoms with Crippen LogP contribution in [0.1, 0.15) is 48.8 Å². The van der Waals surface area contributed by atoms with Crippen LogP contribution < -0.4 is 5.73 Å². The number of benzene rings is 1. The van der Waals surface area contributed by atoms with E-state index in [9.17, 15) is 0 Å². The Morgan fingerprint density at radius 1 is 1.00 bits per heavy atom. The second-order valence-electron chi connectivity index (χ2n) is 5.97. The van der Waals surface area contributed by atoms with Crippen LogP contribution in [0.5, 0.6) is 0 Å². The number of hydrogen-bond donors (Lipinski definition) is 1. The van der Waals surface area contributed by atoms with Gasteiger partial charge in [-0.1, -0.05) is 37.5 Å². The summed E-state index contributed by atoms with van der Waals surface area (Å²) in [7, 11) is 0. The SMILES string of the molecule is Cc1cccc(C)c1CC1CCCCCC1CN. The van der Waals surface area contributed by atoms with E-state index in [-0.39, 0.29) is 0 Å². The minimum atomic E-state index is 0.742. The van der Waals surface area contributed by atoms with Crippen LogP contribution in [-0.2, 0) is 6.42 Å². The van der Waals surface area contributed by atoms with Gasteiger partial charge in [0.2, 0.25) is 0 Å². The Labute approximate surface area is 112 Å². The van der Waals surface area contributed by atoms with Crippen molar-refractivity contribution < 1.29 is 0 Å². The first kappa shape index (κ1) is 13.6. The van der Waals surface area contributed by atoms with Crippen molar-refractivity contribution in [2.45, 2.75) is 52.4 Å². The van der Waals surface area contributed by atoms with E-state index in [0.717, 1.165) is 18.4 Å². The monoisotopic (exact) mass is 245 g/mol. The van der Waals surface area contributed by atoms with Gasteiger partial charge in [-0.2, -0.15) is 0 Å². The zero-order chi connectivity index (χ0) is 13.0. The predicted molar refractivity (Wildman–Crippen MR) is 78.7 cm³/mol. The van der Waals surface area contributed by atoms with Crippen molar-refractivity contribution in [3.63, 3.8) is 0 Å². The molecule has 1 fully saturated rings. The summed E-state index contributed by atoms with van der Waals surface area (Å²) in [5, 5.41) is 0. The first-order valence-corrected chi connectivity index (χ1v) is 7.47. The van der Waals surface area contributed by atoms with Gasteiger partial charge in [-0.15, -0.1) is 0 Å². The predicted octanol–water partition coefficient (Wildman–Crippen LogP) is 4.00. The fraction of sp³-hybridized carbons (Fsp3) is 0.647. The average molecular weight is 245 g/mol. The van der Waals surface area contributed by atoms with Crippen LogP contribution in [0.2, 0.25) is 0 Å². The van der Waals surface area contributed by atoms with Gasteiger partial charge in [0.15, 0.2) is 0 Å². The summed E-state index contributed by atoms with van der Waals surface area (Å²) in [5.74, 6) is 1.55. The van der Waals surface area contributed by atoms with Gasteiger partial charge in [0.05, 0.1) is 0 Å². The molecule has 18 heavy (non-hydrogen) atoms. The van der Waals surface area contributed by atoms with Crippen LogP contribution in [0.3, 0.4) is 0 Å². The molecule has 100 valence electrons. The van der Waals surface area contributed by atoms with E-state index in [0.29, 0.717) is 0 Å². The Kier molecular flexibility index (Phi) is 4.82. The third-order valence-corrected chi connectivity index (χ3v) is 4.73. The zero-order valence-electron chi connectivity index (χ0n) is 11.9. The quantitative estimate of drug-likeness (QED) is 0.800. The summed E-state index contributed by atoms with van der Waals surface area (Å²) < 4.78 is 0. The normalized spacial score (nSPS) is 24.8. The molecule has 1 nitrogen and oxygen atoms in total. The fourth-order valence-electron chi connectivity index (χ4n) is 3.47. The lowest BCUT2D eigenvalue weighted by Crippen LogP contribution is -2.24. The maximum atomic E-state index is 5.99. The number of hydrogen-bond acceptors (Lipinski definition) is 1. The highest BCUT2D eigenvalue weighted by molar-refractivity contribution is 5.33. The molecule has 2 atom stereocenters. The van der Waals surface area contributed by atoms with Gasteiger partial charge in [0.25, 0.3) is 0 Å². The van der Waals surface area contributed by atoms with Crippen LogP contribution in [0.25, 0.3) is 0 Å². The molecule has 2 rings (SSSR count). The van der Waals surface area contributed by atoms with Gasteiger partial charge in [-0.05, 0) is 68.2 Å². The molecule has 2 unspecified atom stereocenters. The lowest BCUT2D eigenvalue weighted by Gasteiger charge is -2.25. The first-order valence-electron chi connectivity index (χ1n) is 7.47. The highest BCUT2D eigenvalue weighted by Crippen LogP contribution is 2.32. The summed E-state index contributed by atoms with van der Waals surface area (Å²) in [6, 6.07) is 6.66.